The second-order valence-electron chi connectivity index (χ2n) is 7.35. The Bertz CT molecular complexity index is 849. The average Bonchev–Trinajstić information content (AvgIpc) is 3.15. The zero-order valence-corrected chi connectivity index (χ0v) is 15.8. The molecule has 0 aromatic heterocycles. The number of hydrogen-bond donors (Lipinski definition) is 2. The van der Waals surface area contributed by atoms with E-state index in [4.69, 9.17) is 15.2 Å². The van der Waals surface area contributed by atoms with Gasteiger partial charge in [-0.2, -0.15) is 0 Å². The highest BCUT2D eigenvalue weighted by molar-refractivity contribution is 5.92. The molecule has 5 heteroatoms. The number of rotatable bonds is 5. The molecule has 2 aromatic carbocycles. The summed E-state index contributed by atoms with van der Waals surface area (Å²) >= 11 is 0. The maximum atomic E-state index is 6.19. The monoisotopic (exact) mass is 365 g/mol. The first kappa shape index (κ1) is 18.0. The van der Waals surface area contributed by atoms with Crippen LogP contribution >= 0.6 is 0 Å². The van der Waals surface area contributed by atoms with Gasteiger partial charge in [-0.15, -0.1) is 0 Å². The van der Waals surface area contributed by atoms with Crippen LogP contribution < -0.4 is 11.1 Å². The highest BCUT2D eigenvalue weighted by Crippen LogP contribution is 2.34. The molecule has 0 spiro atoms. The summed E-state index contributed by atoms with van der Waals surface area (Å²) in [5.41, 5.74) is 11.9. The van der Waals surface area contributed by atoms with Crippen LogP contribution in [0.15, 0.2) is 47.5 Å². The molecule has 0 radical (unpaired) electrons. The molecule has 0 saturated carbocycles. The van der Waals surface area contributed by atoms with E-state index >= 15 is 0 Å². The van der Waals surface area contributed by atoms with Gasteiger partial charge in [0.25, 0.3) is 0 Å². The Kier molecular flexibility index (Phi) is 5.14. The first-order valence-corrected chi connectivity index (χ1v) is 9.60. The van der Waals surface area contributed by atoms with Gasteiger partial charge in [0, 0.05) is 12.8 Å². The molecule has 1 aliphatic heterocycles. The van der Waals surface area contributed by atoms with Crippen LogP contribution in [0.25, 0.3) is 0 Å². The highest BCUT2D eigenvalue weighted by Gasteiger charge is 2.38. The van der Waals surface area contributed by atoms with E-state index in [9.17, 15) is 0 Å². The third kappa shape index (κ3) is 3.70. The molecule has 1 unspecified atom stereocenters. The molecule has 0 fully saturated rings. The van der Waals surface area contributed by atoms with E-state index < -0.39 is 5.60 Å². The second-order valence-corrected chi connectivity index (χ2v) is 7.35. The van der Waals surface area contributed by atoms with Crippen LogP contribution in [-0.2, 0) is 34.3 Å². The average molecular weight is 365 g/mol. The highest BCUT2D eigenvalue weighted by atomic mass is 16.5. The molecule has 4 rings (SSSR count). The number of aliphatic imine (C=N–C) groups is 1. The van der Waals surface area contributed by atoms with Gasteiger partial charge >= 0.3 is 0 Å². The largest absolute Gasteiger partial charge is 0.381 e. The normalized spacial score (nSPS) is 21.6. The summed E-state index contributed by atoms with van der Waals surface area (Å²) in [7, 11) is 1.69. The molecule has 0 saturated heterocycles. The first-order chi connectivity index (χ1) is 13.2. The van der Waals surface area contributed by atoms with Gasteiger partial charge in [-0.25, -0.2) is 4.99 Å². The maximum absolute atomic E-state index is 6.19. The molecule has 1 heterocycles. The second kappa shape index (κ2) is 7.71. The molecule has 2 aromatic rings. The number of guanidine groups is 1. The van der Waals surface area contributed by atoms with Gasteiger partial charge in [0.2, 0.25) is 0 Å². The van der Waals surface area contributed by atoms with Crippen molar-refractivity contribution in [2.24, 2.45) is 10.7 Å². The molecule has 142 valence electrons. The Balaban J connectivity index is 1.53. The van der Waals surface area contributed by atoms with Gasteiger partial charge in [-0.05, 0) is 60.1 Å². The fourth-order valence-corrected chi connectivity index (χ4v) is 4.20. The Morgan fingerprint density at radius 2 is 2.00 bits per heavy atom. The molecule has 0 amide bonds. The van der Waals surface area contributed by atoms with Crippen LogP contribution in [-0.4, -0.2) is 32.8 Å². The van der Waals surface area contributed by atoms with Crippen LogP contribution in [0.2, 0.25) is 0 Å². The summed E-state index contributed by atoms with van der Waals surface area (Å²) in [5.74, 6) is 0.398. The topological polar surface area (TPSA) is 68.9 Å². The Morgan fingerprint density at radius 1 is 1.15 bits per heavy atom. The zero-order valence-electron chi connectivity index (χ0n) is 15.8. The molecule has 2 aliphatic rings. The number of ether oxygens (including phenoxy) is 2. The standard InChI is InChI=1S/C22H27N3O2/c1-26-15-22(20-8-3-2-5-17(20)11-12-27-22)14-24-21(23)25-19-10-9-16-6-4-7-18(16)13-19/h2-3,5,8-10,13H,4,6-7,11-12,14-15H2,1H3,(H3,23,24,25). The van der Waals surface area contributed by atoms with E-state index in [0.717, 1.165) is 24.1 Å². The van der Waals surface area contributed by atoms with Crippen LogP contribution in [0.1, 0.15) is 28.7 Å². The van der Waals surface area contributed by atoms with Crippen molar-refractivity contribution < 1.29 is 9.47 Å². The predicted octanol–water partition coefficient (Wildman–Crippen LogP) is 3.02. The number of nitrogens with zero attached hydrogens (tertiary/aromatic N) is 1. The third-order valence-electron chi connectivity index (χ3n) is 5.51. The van der Waals surface area contributed by atoms with Gasteiger partial charge in [0.15, 0.2) is 5.96 Å². The van der Waals surface area contributed by atoms with E-state index in [1.807, 2.05) is 6.07 Å². The molecule has 5 nitrogen and oxygen atoms in total. The molecule has 1 aliphatic carbocycles. The third-order valence-corrected chi connectivity index (χ3v) is 5.51. The SMILES string of the molecule is COCC1(CN=C(N)Nc2ccc3c(c2)CCC3)OCCc2ccccc21. The molecular formula is C22H27N3O2. The molecule has 1 atom stereocenters. The summed E-state index contributed by atoms with van der Waals surface area (Å²) < 4.78 is 11.7. The smallest absolute Gasteiger partial charge is 0.193 e. The number of fused-ring (bicyclic) bond motifs is 2. The van der Waals surface area contributed by atoms with E-state index in [-0.39, 0.29) is 0 Å². The fraction of sp³-hybridized carbons (Fsp3) is 0.409. The van der Waals surface area contributed by atoms with Crippen molar-refractivity contribution in [2.75, 3.05) is 32.2 Å². The van der Waals surface area contributed by atoms with E-state index in [1.165, 1.54) is 29.5 Å². The van der Waals surface area contributed by atoms with Crippen molar-refractivity contribution in [1.82, 2.24) is 0 Å². The minimum atomic E-state index is -0.589. The number of anilines is 1. The van der Waals surface area contributed by atoms with Gasteiger partial charge in [0.1, 0.15) is 5.60 Å². The molecule has 0 bridgehead atoms. The number of nitrogens with one attached hydrogen (secondary N) is 1. The van der Waals surface area contributed by atoms with Crippen LogP contribution in [0.5, 0.6) is 0 Å². The van der Waals surface area contributed by atoms with E-state index in [1.54, 1.807) is 7.11 Å². The van der Waals surface area contributed by atoms with Gasteiger partial charge in [-0.3, -0.25) is 0 Å². The summed E-state index contributed by atoms with van der Waals surface area (Å²) in [6.07, 6.45) is 4.46. The lowest BCUT2D eigenvalue weighted by molar-refractivity contribution is -0.0959. The summed E-state index contributed by atoms with van der Waals surface area (Å²) in [5, 5.41) is 3.23. The van der Waals surface area contributed by atoms with Gasteiger partial charge in [-0.1, -0.05) is 30.3 Å². The molecular weight excluding hydrogens is 338 g/mol. The molecule has 3 N–H and O–H groups in total. The summed E-state index contributed by atoms with van der Waals surface area (Å²) in [6.45, 7) is 1.52. The maximum Gasteiger partial charge on any atom is 0.193 e. The minimum absolute atomic E-state index is 0.398. The number of benzene rings is 2. The Hall–Kier alpha value is -2.37. The lowest BCUT2D eigenvalue weighted by Gasteiger charge is -2.37. The predicted molar refractivity (Wildman–Crippen MR) is 108 cm³/mol. The first-order valence-electron chi connectivity index (χ1n) is 9.60. The van der Waals surface area contributed by atoms with Crippen molar-refractivity contribution in [3.63, 3.8) is 0 Å². The van der Waals surface area contributed by atoms with Crippen LogP contribution in [0.3, 0.4) is 0 Å². The van der Waals surface area contributed by atoms with Crippen LogP contribution in [0, 0.1) is 0 Å². The number of hydrogen-bond acceptors (Lipinski definition) is 3. The minimum Gasteiger partial charge on any atom is -0.381 e. The van der Waals surface area contributed by atoms with Crippen molar-refractivity contribution in [2.45, 2.75) is 31.3 Å². The van der Waals surface area contributed by atoms with Crippen molar-refractivity contribution in [3.05, 3.63) is 64.7 Å². The fourth-order valence-electron chi connectivity index (χ4n) is 4.20. The zero-order chi connectivity index (χ0) is 18.7. The lowest BCUT2D eigenvalue weighted by atomic mass is 9.86. The quantitative estimate of drug-likeness (QED) is 0.631. The van der Waals surface area contributed by atoms with Gasteiger partial charge < -0.3 is 20.5 Å². The van der Waals surface area contributed by atoms with Crippen molar-refractivity contribution >= 4 is 11.6 Å². The number of nitrogens with two attached hydrogens (primary N) is 1. The number of aryl methyl sites for hydroxylation is 2. The molecule has 27 heavy (non-hydrogen) atoms. The number of methoxy groups -OCH3 is 1. The van der Waals surface area contributed by atoms with Gasteiger partial charge in [0.05, 0.1) is 19.8 Å². The Morgan fingerprint density at radius 3 is 2.89 bits per heavy atom. The van der Waals surface area contributed by atoms with Crippen molar-refractivity contribution in [3.8, 4) is 0 Å². The van der Waals surface area contributed by atoms with Crippen LogP contribution in [0.4, 0.5) is 5.69 Å². The summed E-state index contributed by atoms with van der Waals surface area (Å²) in [6, 6.07) is 14.8. The lowest BCUT2D eigenvalue weighted by Crippen LogP contribution is -2.43. The van der Waals surface area contributed by atoms with E-state index in [2.05, 4.69) is 46.7 Å². The van der Waals surface area contributed by atoms with Crippen molar-refractivity contribution in [1.29, 1.82) is 0 Å². The summed E-state index contributed by atoms with van der Waals surface area (Å²) in [4.78, 5) is 4.60. The Labute approximate surface area is 160 Å². The van der Waals surface area contributed by atoms with E-state index in [0.29, 0.717) is 25.7 Å².